The van der Waals surface area contributed by atoms with Gasteiger partial charge >= 0.3 is 0 Å². The molecule has 0 bridgehead atoms. The molecular formula is C22H21N3O5. The first-order valence-electron chi connectivity index (χ1n) is 9.58. The van der Waals surface area contributed by atoms with Crippen molar-refractivity contribution in [1.82, 2.24) is 0 Å². The summed E-state index contributed by atoms with van der Waals surface area (Å²) in [6, 6.07) is 14.7. The molecule has 0 saturated heterocycles. The van der Waals surface area contributed by atoms with Crippen LogP contribution in [0.1, 0.15) is 19.4 Å². The van der Waals surface area contributed by atoms with Crippen molar-refractivity contribution in [3.05, 3.63) is 64.2 Å². The van der Waals surface area contributed by atoms with Gasteiger partial charge in [0.2, 0.25) is 0 Å². The van der Waals surface area contributed by atoms with Crippen LogP contribution in [-0.4, -0.2) is 23.5 Å². The Balaban J connectivity index is 1.72. The zero-order valence-electron chi connectivity index (χ0n) is 16.6. The smallest absolute Gasteiger partial charge is 0.296 e. The van der Waals surface area contributed by atoms with Crippen LogP contribution >= 0.6 is 0 Å². The Bertz CT molecular complexity index is 1140. The van der Waals surface area contributed by atoms with E-state index >= 15 is 0 Å². The fourth-order valence-electron chi connectivity index (χ4n) is 3.45. The standard InChI is InChI=1S/C22H21N3O5/c1-13(2)30-20-8-7-14-5-3-4-6-15(14)16(20)11-23-17-9-18-21(10-19(17)25(27)28)29-12-22(26)24-18/h3-10,13,23H,11-12H2,1-2H3,(H,24,26). The number of hydrogen-bond donors (Lipinski definition) is 2. The second-order valence-electron chi connectivity index (χ2n) is 7.24. The number of amides is 1. The van der Waals surface area contributed by atoms with Crippen LogP contribution < -0.4 is 20.1 Å². The molecule has 1 aliphatic heterocycles. The number of benzene rings is 3. The van der Waals surface area contributed by atoms with Crippen LogP contribution in [0.3, 0.4) is 0 Å². The second kappa shape index (κ2) is 7.90. The highest BCUT2D eigenvalue weighted by molar-refractivity contribution is 5.97. The minimum absolute atomic E-state index is 0.0182. The molecule has 1 amide bonds. The molecule has 1 aliphatic rings. The molecule has 0 saturated carbocycles. The molecule has 0 fully saturated rings. The quantitative estimate of drug-likeness (QED) is 0.461. The van der Waals surface area contributed by atoms with Crippen molar-refractivity contribution in [1.29, 1.82) is 0 Å². The molecule has 8 heteroatoms. The lowest BCUT2D eigenvalue weighted by atomic mass is 10.0. The number of nitro benzene ring substituents is 1. The normalized spacial score (nSPS) is 12.8. The molecule has 8 nitrogen and oxygen atoms in total. The summed E-state index contributed by atoms with van der Waals surface area (Å²) in [6.45, 7) is 4.04. The van der Waals surface area contributed by atoms with Gasteiger partial charge in [0.05, 0.1) is 22.8 Å². The summed E-state index contributed by atoms with van der Waals surface area (Å²) < 4.78 is 11.3. The third-order valence-corrected chi connectivity index (χ3v) is 4.74. The monoisotopic (exact) mass is 407 g/mol. The highest BCUT2D eigenvalue weighted by Crippen LogP contribution is 2.38. The molecule has 4 rings (SSSR count). The molecule has 0 aliphatic carbocycles. The minimum Gasteiger partial charge on any atom is -0.491 e. The summed E-state index contributed by atoms with van der Waals surface area (Å²) in [5.41, 5.74) is 1.45. The number of carbonyl (C=O) groups excluding carboxylic acids is 1. The zero-order chi connectivity index (χ0) is 21.3. The summed E-state index contributed by atoms with van der Waals surface area (Å²) in [4.78, 5) is 22.8. The molecule has 0 spiro atoms. The van der Waals surface area contributed by atoms with E-state index in [1.807, 2.05) is 50.2 Å². The Kier molecular flexibility index (Phi) is 5.14. The first kappa shape index (κ1) is 19.5. The van der Waals surface area contributed by atoms with Gasteiger partial charge in [-0.25, -0.2) is 0 Å². The van der Waals surface area contributed by atoms with Gasteiger partial charge in [0.15, 0.2) is 12.4 Å². The minimum atomic E-state index is -0.475. The summed E-state index contributed by atoms with van der Waals surface area (Å²) in [5, 5.41) is 19.5. The van der Waals surface area contributed by atoms with Crippen molar-refractivity contribution in [3.63, 3.8) is 0 Å². The molecule has 154 valence electrons. The first-order valence-corrected chi connectivity index (χ1v) is 9.58. The highest BCUT2D eigenvalue weighted by Gasteiger charge is 2.24. The van der Waals surface area contributed by atoms with Crippen LogP contribution in [0.15, 0.2) is 48.5 Å². The van der Waals surface area contributed by atoms with Gasteiger partial charge in [-0.05, 0) is 36.8 Å². The first-order chi connectivity index (χ1) is 14.4. The molecule has 0 unspecified atom stereocenters. The van der Waals surface area contributed by atoms with Crippen LogP contribution in [0.25, 0.3) is 10.8 Å². The van der Waals surface area contributed by atoms with E-state index in [0.717, 1.165) is 16.3 Å². The average molecular weight is 407 g/mol. The Morgan fingerprint density at radius 1 is 1.23 bits per heavy atom. The van der Waals surface area contributed by atoms with Crippen molar-refractivity contribution in [2.45, 2.75) is 26.5 Å². The zero-order valence-corrected chi connectivity index (χ0v) is 16.6. The van der Waals surface area contributed by atoms with E-state index in [1.54, 1.807) is 0 Å². The largest absolute Gasteiger partial charge is 0.491 e. The van der Waals surface area contributed by atoms with Gasteiger partial charge < -0.3 is 20.1 Å². The van der Waals surface area contributed by atoms with E-state index in [2.05, 4.69) is 10.6 Å². The van der Waals surface area contributed by atoms with Gasteiger partial charge in [-0.3, -0.25) is 14.9 Å². The van der Waals surface area contributed by atoms with Crippen molar-refractivity contribution >= 4 is 33.7 Å². The molecule has 3 aromatic rings. The predicted molar refractivity (Wildman–Crippen MR) is 114 cm³/mol. The number of fused-ring (bicyclic) bond motifs is 2. The Hall–Kier alpha value is -3.81. The topological polar surface area (TPSA) is 103 Å². The maximum atomic E-state index is 11.6. The number of nitrogens with one attached hydrogen (secondary N) is 2. The van der Waals surface area contributed by atoms with E-state index in [9.17, 15) is 14.9 Å². The van der Waals surface area contributed by atoms with Crippen molar-refractivity contribution in [2.75, 3.05) is 17.2 Å². The number of anilines is 2. The SMILES string of the molecule is CC(C)Oc1ccc2ccccc2c1CNc1cc2c(cc1[N+](=O)[O-])OCC(=O)N2. The van der Waals surface area contributed by atoms with E-state index < -0.39 is 4.92 Å². The lowest BCUT2D eigenvalue weighted by molar-refractivity contribution is -0.384. The molecule has 2 N–H and O–H groups in total. The predicted octanol–water partition coefficient (Wildman–Crippen LogP) is 4.48. The number of hydrogen-bond acceptors (Lipinski definition) is 6. The number of ether oxygens (including phenoxy) is 2. The molecule has 3 aromatic carbocycles. The van der Waals surface area contributed by atoms with E-state index in [-0.39, 0.29) is 35.7 Å². The molecule has 30 heavy (non-hydrogen) atoms. The fourth-order valence-corrected chi connectivity index (χ4v) is 3.45. The van der Waals surface area contributed by atoms with Crippen LogP contribution in [0.4, 0.5) is 17.1 Å². The Labute approximate surface area is 172 Å². The summed E-state index contributed by atoms with van der Waals surface area (Å²) >= 11 is 0. The Morgan fingerprint density at radius 3 is 2.80 bits per heavy atom. The molecule has 1 heterocycles. The average Bonchev–Trinajstić information content (AvgIpc) is 2.71. The lowest BCUT2D eigenvalue weighted by Crippen LogP contribution is -2.25. The second-order valence-corrected chi connectivity index (χ2v) is 7.24. The summed E-state index contributed by atoms with van der Waals surface area (Å²) in [6.07, 6.45) is -0.0182. The highest BCUT2D eigenvalue weighted by atomic mass is 16.6. The van der Waals surface area contributed by atoms with Crippen LogP contribution in [-0.2, 0) is 11.3 Å². The van der Waals surface area contributed by atoms with Gasteiger partial charge in [-0.15, -0.1) is 0 Å². The van der Waals surface area contributed by atoms with Gasteiger partial charge in [0.1, 0.15) is 11.4 Å². The van der Waals surface area contributed by atoms with Crippen molar-refractivity contribution in [3.8, 4) is 11.5 Å². The summed E-state index contributed by atoms with van der Waals surface area (Å²) in [7, 11) is 0. The van der Waals surface area contributed by atoms with Crippen LogP contribution in [0.5, 0.6) is 11.5 Å². The van der Waals surface area contributed by atoms with E-state index in [1.165, 1.54) is 12.1 Å². The third kappa shape index (κ3) is 3.84. The number of rotatable bonds is 6. The van der Waals surface area contributed by atoms with Crippen molar-refractivity contribution in [2.24, 2.45) is 0 Å². The maximum Gasteiger partial charge on any atom is 0.296 e. The van der Waals surface area contributed by atoms with Gasteiger partial charge in [0.25, 0.3) is 11.6 Å². The van der Waals surface area contributed by atoms with Crippen molar-refractivity contribution < 1.29 is 19.2 Å². The lowest BCUT2D eigenvalue weighted by Gasteiger charge is -2.20. The molecule has 0 atom stereocenters. The molecule has 0 aromatic heterocycles. The molecular weight excluding hydrogens is 386 g/mol. The Morgan fingerprint density at radius 2 is 2.03 bits per heavy atom. The van der Waals surface area contributed by atoms with Gasteiger partial charge in [-0.1, -0.05) is 30.3 Å². The van der Waals surface area contributed by atoms with Crippen LogP contribution in [0.2, 0.25) is 0 Å². The summed E-state index contributed by atoms with van der Waals surface area (Å²) in [5.74, 6) is 0.693. The van der Waals surface area contributed by atoms with Crippen LogP contribution in [0, 0.1) is 10.1 Å². The fraction of sp³-hybridized carbons (Fsp3) is 0.227. The number of nitrogens with zero attached hydrogens (tertiary/aromatic N) is 1. The van der Waals surface area contributed by atoms with E-state index in [0.29, 0.717) is 18.0 Å². The number of carbonyl (C=O) groups is 1. The number of nitro groups is 1. The van der Waals surface area contributed by atoms with Gasteiger partial charge in [0, 0.05) is 12.1 Å². The maximum absolute atomic E-state index is 11.6. The molecule has 0 radical (unpaired) electrons. The third-order valence-electron chi connectivity index (χ3n) is 4.74. The van der Waals surface area contributed by atoms with Gasteiger partial charge in [-0.2, -0.15) is 0 Å². The van der Waals surface area contributed by atoms with E-state index in [4.69, 9.17) is 9.47 Å².